The van der Waals surface area contributed by atoms with Gasteiger partial charge in [0.1, 0.15) is 11.4 Å². The lowest BCUT2D eigenvalue weighted by Gasteiger charge is -2.31. The molecule has 0 aromatic carbocycles. The Kier molecular flexibility index (Phi) is 4.49. The Bertz CT molecular complexity index is 485. The number of aromatic nitrogens is 2. The lowest BCUT2D eigenvalue weighted by molar-refractivity contribution is 0.0602. The van der Waals surface area contributed by atoms with E-state index in [4.69, 9.17) is 16.2 Å². The van der Waals surface area contributed by atoms with Gasteiger partial charge in [0.15, 0.2) is 5.82 Å². The number of methoxy groups -OCH3 is 1. The quantitative estimate of drug-likeness (QED) is 0.784. The number of aryl methyl sites for hydroxylation is 1. The molecule has 4 N–H and O–H groups in total. The molecule has 1 aromatic rings. The molecule has 1 aromatic heterocycles. The SMILES string of the molecule is CCCn1nc(N2CCCC(N)C2)c(C(=O)OC)c1N. The highest BCUT2D eigenvalue weighted by molar-refractivity contribution is 5.99. The summed E-state index contributed by atoms with van der Waals surface area (Å²) in [7, 11) is 1.35. The van der Waals surface area contributed by atoms with E-state index in [1.54, 1.807) is 4.68 Å². The van der Waals surface area contributed by atoms with E-state index in [-0.39, 0.29) is 6.04 Å². The molecule has 1 atom stereocenters. The summed E-state index contributed by atoms with van der Waals surface area (Å²) in [5.41, 5.74) is 12.4. The second kappa shape index (κ2) is 6.13. The molecule has 1 aliphatic rings. The molecule has 2 rings (SSSR count). The number of hydrogen-bond acceptors (Lipinski definition) is 6. The Balaban J connectivity index is 2.39. The maximum absolute atomic E-state index is 12.0. The van der Waals surface area contributed by atoms with Crippen molar-refractivity contribution in [3.63, 3.8) is 0 Å². The number of nitrogens with zero attached hydrogens (tertiary/aromatic N) is 3. The lowest BCUT2D eigenvalue weighted by Crippen LogP contribution is -2.43. The van der Waals surface area contributed by atoms with Crippen molar-refractivity contribution in [1.82, 2.24) is 9.78 Å². The third-order valence-electron chi connectivity index (χ3n) is 3.56. The fraction of sp³-hybridized carbons (Fsp3) is 0.692. The van der Waals surface area contributed by atoms with Crippen molar-refractivity contribution in [3.8, 4) is 0 Å². The summed E-state index contributed by atoms with van der Waals surface area (Å²) in [5, 5.41) is 4.49. The summed E-state index contributed by atoms with van der Waals surface area (Å²) in [4.78, 5) is 14.0. The highest BCUT2D eigenvalue weighted by Crippen LogP contribution is 2.28. The van der Waals surface area contributed by atoms with Gasteiger partial charge in [-0.15, -0.1) is 0 Å². The van der Waals surface area contributed by atoms with Crippen molar-refractivity contribution in [2.75, 3.05) is 30.8 Å². The normalized spacial score (nSPS) is 19.1. The van der Waals surface area contributed by atoms with Gasteiger partial charge in [0.25, 0.3) is 0 Å². The largest absolute Gasteiger partial charge is 0.465 e. The van der Waals surface area contributed by atoms with Crippen molar-refractivity contribution >= 4 is 17.6 Å². The Morgan fingerprint density at radius 2 is 2.30 bits per heavy atom. The van der Waals surface area contributed by atoms with Crippen molar-refractivity contribution < 1.29 is 9.53 Å². The van der Waals surface area contributed by atoms with Crippen LogP contribution in [0.5, 0.6) is 0 Å². The molecule has 1 aliphatic heterocycles. The van der Waals surface area contributed by atoms with Gasteiger partial charge in [0.2, 0.25) is 0 Å². The van der Waals surface area contributed by atoms with Gasteiger partial charge in [-0.05, 0) is 19.3 Å². The van der Waals surface area contributed by atoms with Crippen LogP contribution in [0.25, 0.3) is 0 Å². The first-order valence-corrected chi connectivity index (χ1v) is 7.03. The number of nitrogen functional groups attached to an aromatic ring is 1. The fourth-order valence-electron chi connectivity index (χ4n) is 2.57. The molecule has 0 spiro atoms. The van der Waals surface area contributed by atoms with Crippen LogP contribution in [0, 0.1) is 0 Å². The zero-order valence-electron chi connectivity index (χ0n) is 12.1. The Hall–Kier alpha value is -1.76. The molecule has 7 nitrogen and oxygen atoms in total. The Morgan fingerprint density at radius 3 is 2.90 bits per heavy atom. The van der Waals surface area contributed by atoms with Crippen LogP contribution in [0.15, 0.2) is 0 Å². The summed E-state index contributed by atoms with van der Waals surface area (Å²) in [6.07, 6.45) is 2.88. The molecule has 112 valence electrons. The highest BCUT2D eigenvalue weighted by atomic mass is 16.5. The van der Waals surface area contributed by atoms with Gasteiger partial charge >= 0.3 is 5.97 Å². The third-order valence-corrected chi connectivity index (χ3v) is 3.56. The number of carbonyl (C=O) groups is 1. The van der Waals surface area contributed by atoms with E-state index in [0.717, 1.165) is 25.8 Å². The summed E-state index contributed by atoms with van der Waals surface area (Å²) in [6.45, 7) is 4.23. The van der Waals surface area contributed by atoms with Crippen LogP contribution in [-0.2, 0) is 11.3 Å². The molecule has 7 heteroatoms. The molecule has 0 radical (unpaired) electrons. The zero-order valence-corrected chi connectivity index (χ0v) is 12.1. The topological polar surface area (TPSA) is 99.4 Å². The Morgan fingerprint density at radius 1 is 1.55 bits per heavy atom. The average molecular weight is 281 g/mol. The van der Waals surface area contributed by atoms with Gasteiger partial charge < -0.3 is 21.1 Å². The highest BCUT2D eigenvalue weighted by Gasteiger charge is 2.28. The second-order valence-corrected chi connectivity index (χ2v) is 5.15. The summed E-state index contributed by atoms with van der Waals surface area (Å²) in [5.74, 6) is 0.518. The lowest BCUT2D eigenvalue weighted by atomic mass is 10.1. The second-order valence-electron chi connectivity index (χ2n) is 5.15. The van der Waals surface area contributed by atoms with Gasteiger partial charge in [0, 0.05) is 25.7 Å². The molecule has 1 saturated heterocycles. The fourth-order valence-corrected chi connectivity index (χ4v) is 2.57. The van der Waals surface area contributed by atoms with E-state index < -0.39 is 5.97 Å². The molecule has 20 heavy (non-hydrogen) atoms. The van der Waals surface area contributed by atoms with E-state index in [2.05, 4.69) is 5.10 Å². The zero-order chi connectivity index (χ0) is 14.7. The van der Waals surface area contributed by atoms with Gasteiger partial charge in [-0.2, -0.15) is 5.10 Å². The number of ether oxygens (including phenoxy) is 1. The van der Waals surface area contributed by atoms with Gasteiger partial charge in [0.05, 0.1) is 7.11 Å². The monoisotopic (exact) mass is 281 g/mol. The molecule has 2 heterocycles. The number of rotatable bonds is 4. The van der Waals surface area contributed by atoms with Crippen molar-refractivity contribution in [3.05, 3.63) is 5.56 Å². The van der Waals surface area contributed by atoms with Crippen LogP contribution in [0.3, 0.4) is 0 Å². The third kappa shape index (κ3) is 2.72. The van der Waals surface area contributed by atoms with Gasteiger partial charge in [-0.25, -0.2) is 9.48 Å². The Labute approximate surface area is 118 Å². The molecule has 1 unspecified atom stereocenters. The minimum atomic E-state index is -0.445. The van der Waals surface area contributed by atoms with Crippen LogP contribution in [0.1, 0.15) is 36.5 Å². The standard InChI is InChI=1S/C13H23N5O2/c1-3-6-18-11(15)10(13(19)20-2)12(16-18)17-7-4-5-9(14)8-17/h9H,3-8,14-15H2,1-2H3. The predicted molar refractivity (Wildman–Crippen MR) is 77.7 cm³/mol. The van der Waals surface area contributed by atoms with Crippen LogP contribution in [0.4, 0.5) is 11.6 Å². The molecular weight excluding hydrogens is 258 g/mol. The van der Waals surface area contributed by atoms with Crippen LogP contribution >= 0.6 is 0 Å². The first-order chi connectivity index (χ1) is 9.58. The van der Waals surface area contributed by atoms with E-state index in [0.29, 0.717) is 30.3 Å². The first-order valence-electron chi connectivity index (χ1n) is 7.03. The number of nitrogens with two attached hydrogens (primary N) is 2. The number of piperidine rings is 1. The summed E-state index contributed by atoms with van der Waals surface area (Å²) < 4.78 is 6.51. The van der Waals surface area contributed by atoms with E-state index >= 15 is 0 Å². The number of esters is 1. The van der Waals surface area contributed by atoms with Gasteiger partial charge in [-0.3, -0.25) is 0 Å². The van der Waals surface area contributed by atoms with Crippen molar-refractivity contribution in [1.29, 1.82) is 0 Å². The minimum Gasteiger partial charge on any atom is -0.465 e. The number of anilines is 2. The molecule has 1 fully saturated rings. The van der Waals surface area contributed by atoms with E-state index in [9.17, 15) is 4.79 Å². The van der Waals surface area contributed by atoms with Gasteiger partial charge in [-0.1, -0.05) is 6.92 Å². The van der Waals surface area contributed by atoms with Crippen molar-refractivity contribution in [2.45, 2.75) is 38.8 Å². The molecule has 0 bridgehead atoms. The number of hydrogen-bond donors (Lipinski definition) is 2. The molecule has 0 amide bonds. The number of carbonyl (C=O) groups excluding carboxylic acids is 1. The molecular formula is C13H23N5O2. The average Bonchev–Trinajstić information content (AvgIpc) is 2.76. The van der Waals surface area contributed by atoms with E-state index in [1.165, 1.54) is 7.11 Å². The maximum atomic E-state index is 12.0. The minimum absolute atomic E-state index is 0.104. The van der Waals surface area contributed by atoms with Crippen LogP contribution in [0.2, 0.25) is 0 Å². The first kappa shape index (κ1) is 14.6. The molecule has 0 saturated carbocycles. The predicted octanol–water partition coefficient (Wildman–Crippen LogP) is 0.589. The maximum Gasteiger partial charge on any atom is 0.345 e. The van der Waals surface area contributed by atoms with Crippen molar-refractivity contribution in [2.24, 2.45) is 5.73 Å². The van der Waals surface area contributed by atoms with Crippen LogP contribution < -0.4 is 16.4 Å². The summed E-state index contributed by atoms with van der Waals surface area (Å²) in [6, 6.07) is 0.104. The smallest absolute Gasteiger partial charge is 0.345 e. The van der Waals surface area contributed by atoms with Crippen LogP contribution in [-0.4, -0.2) is 42.0 Å². The molecule has 0 aliphatic carbocycles. The summed E-state index contributed by atoms with van der Waals surface area (Å²) >= 11 is 0. The van der Waals surface area contributed by atoms with E-state index in [1.807, 2.05) is 11.8 Å².